The van der Waals surface area contributed by atoms with E-state index < -0.39 is 5.97 Å². The Labute approximate surface area is 183 Å². The monoisotopic (exact) mass is 422 g/mol. The standard InChI is InChI=1S/C25H30N2O4/c1-3-31-23(24(28)29)16-18-12-14-19(15-13-18)20-8-7-11-22(17-20)27(2)25(30)26-21-9-5-4-6-10-21/h7-8,11-17,21H,3-6,9-10H2,1-2H3,(H,26,30)(H,28,29). The molecule has 0 atom stereocenters. The molecule has 31 heavy (non-hydrogen) atoms. The van der Waals surface area contributed by atoms with Crippen LogP contribution in [0.25, 0.3) is 17.2 Å². The highest BCUT2D eigenvalue weighted by atomic mass is 16.5. The summed E-state index contributed by atoms with van der Waals surface area (Å²) in [6, 6.07) is 15.6. The van der Waals surface area contributed by atoms with Gasteiger partial charge in [-0.1, -0.05) is 55.7 Å². The second kappa shape index (κ2) is 10.7. The zero-order chi connectivity index (χ0) is 22.2. The average molecular weight is 423 g/mol. The second-order valence-corrected chi connectivity index (χ2v) is 7.76. The number of rotatable bonds is 7. The van der Waals surface area contributed by atoms with E-state index in [-0.39, 0.29) is 17.8 Å². The molecule has 0 saturated heterocycles. The third-order valence-corrected chi connectivity index (χ3v) is 5.52. The minimum Gasteiger partial charge on any atom is -0.487 e. The Bertz CT molecular complexity index is 931. The summed E-state index contributed by atoms with van der Waals surface area (Å²) in [5, 5.41) is 12.3. The lowest BCUT2D eigenvalue weighted by Gasteiger charge is -2.26. The van der Waals surface area contributed by atoms with Crippen molar-refractivity contribution in [3.05, 3.63) is 59.9 Å². The SMILES string of the molecule is CCOC(=Cc1ccc(-c2cccc(N(C)C(=O)NC3CCCCC3)c2)cc1)C(=O)O. The number of aliphatic carboxylic acids is 1. The van der Waals surface area contributed by atoms with Crippen molar-refractivity contribution >= 4 is 23.8 Å². The average Bonchev–Trinajstić information content (AvgIpc) is 2.79. The lowest BCUT2D eigenvalue weighted by Crippen LogP contribution is -2.43. The fourth-order valence-electron chi connectivity index (χ4n) is 3.77. The number of nitrogens with zero attached hydrogens (tertiary/aromatic N) is 1. The van der Waals surface area contributed by atoms with E-state index in [4.69, 9.17) is 4.74 Å². The van der Waals surface area contributed by atoms with E-state index in [1.54, 1.807) is 18.9 Å². The van der Waals surface area contributed by atoms with Crippen LogP contribution in [-0.2, 0) is 9.53 Å². The Hall–Kier alpha value is -3.28. The van der Waals surface area contributed by atoms with Crippen LogP contribution < -0.4 is 10.2 Å². The fourth-order valence-corrected chi connectivity index (χ4v) is 3.77. The van der Waals surface area contributed by atoms with Gasteiger partial charge in [-0.2, -0.15) is 0 Å². The van der Waals surface area contributed by atoms with Crippen LogP contribution in [0.15, 0.2) is 54.3 Å². The first-order valence-corrected chi connectivity index (χ1v) is 10.8. The number of carboxylic acids is 1. The summed E-state index contributed by atoms with van der Waals surface area (Å²) < 4.78 is 5.16. The molecule has 164 valence electrons. The van der Waals surface area contributed by atoms with Gasteiger partial charge in [0.25, 0.3) is 0 Å². The van der Waals surface area contributed by atoms with E-state index in [2.05, 4.69) is 5.32 Å². The van der Waals surface area contributed by atoms with Crippen LogP contribution in [0.3, 0.4) is 0 Å². The van der Waals surface area contributed by atoms with Crippen LogP contribution >= 0.6 is 0 Å². The fraction of sp³-hybridized carbons (Fsp3) is 0.360. The molecule has 0 unspecified atom stereocenters. The third-order valence-electron chi connectivity index (χ3n) is 5.52. The Kier molecular flexibility index (Phi) is 7.70. The molecule has 2 aromatic carbocycles. The maximum absolute atomic E-state index is 12.7. The van der Waals surface area contributed by atoms with Gasteiger partial charge >= 0.3 is 12.0 Å². The zero-order valence-corrected chi connectivity index (χ0v) is 18.1. The molecule has 6 heteroatoms. The quantitative estimate of drug-likeness (QED) is 0.469. The van der Waals surface area contributed by atoms with Crippen molar-refractivity contribution in [1.29, 1.82) is 0 Å². The van der Waals surface area contributed by atoms with Crippen molar-refractivity contribution in [3.63, 3.8) is 0 Å². The number of hydrogen-bond donors (Lipinski definition) is 2. The summed E-state index contributed by atoms with van der Waals surface area (Å²) in [6.45, 7) is 2.05. The van der Waals surface area contributed by atoms with Gasteiger partial charge in [-0.3, -0.25) is 4.90 Å². The molecule has 1 saturated carbocycles. The number of hydrogen-bond acceptors (Lipinski definition) is 3. The number of carboxylic acid groups (broad SMARTS) is 1. The molecule has 0 spiro atoms. The van der Waals surface area contributed by atoms with Gasteiger partial charge in [-0.25, -0.2) is 9.59 Å². The van der Waals surface area contributed by atoms with Gasteiger partial charge in [0.2, 0.25) is 5.76 Å². The van der Waals surface area contributed by atoms with E-state index >= 15 is 0 Å². The van der Waals surface area contributed by atoms with Crippen molar-refractivity contribution in [2.24, 2.45) is 0 Å². The van der Waals surface area contributed by atoms with Crippen molar-refractivity contribution in [1.82, 2.24) is 5.32 Å². The summed E-state index contributed by atoms with van der Waals surface area (Å²) in [6.07, 6.45) is 7.21. The number of carbonyl (C=O) groups excluding carboxylic acids is 1. The molecule has 0 aliphatic heterocycles. The molecular formula is C25H30N2O4. The minimum absolute atomic E-state index is 0.0807. The predicted octanol–water partition coefficient (Wildman–Crippen LogP) is 5.29. The number of anilines is 1. The normalized spacial score (nSPS) is 14.7. The van der Waals surface area contributed by atoms with Crippen LogP contribution in [0.5, 0.6) is 0 Å². The largest absolute Gasteiger partial charge is 0.487 e. The molecule has 0 aromatic heterocycles. The maximum atomic E-state index is 12.7. The molecule has 1 aliphatic carbocycles. The van der Waals surface area contributed by atoms with E-state index in [0.29, 0.717) is 6.61 Å². The highest BCUT2D eigenvalue weighted by molar-refractivity contribution is 5.92. The molecule has 0 radical (unpaired) electrons. The van der Waals surface area contributed by atoms with Crippen LogP contribution in [0.4, 0.5) is 10.5 Å². The molecule has 2 N–H and O–H groups in total. The molecule has 0 bridgehead atoms. The maximum Gasteiger partial charge on any atom is 0.371 e. The zero-order valence-electron chi connectivity index (χ0n) is 18.1. The summed E-state index contributed by atoms with van der Waals surface area (Å²) >= 11 is 0. The molecule has 2 amide bonds. The van der Waals surface area contributed by atoms with E-state index in [0.717, 1.165) is 35.2 Å². The highest BCUT2D eigenvalue weighted by Crippen LogP contribution is 2.26. The van der Waals surface area contributed by atoms with Gasteiger partial charge in [0.05, 0.1) is 6.61 Å². The topological polar surface area (TPSA) is 78.9 Å². The Morgan fingerprint density at radius 2 is 1.81 bits per heavy atom. The molecular weight excluding hydrogens is 392 g/mol. The van der Waals surface area contributed by atoms with Gasteiger partial charge in [0.1, 0.15) is 0 Å². The van der Waals surface area contributed by atoms with E-state index in [9.17, 15) is 14.7 Å². The first kappa shape index (κ1) is 22.4. The summed E-state index contributed by atoms with van der Waals surface area (Å²) in [7, 11) is 1.78. The first-order valence-electron chi connectivity index (χ1n) is 10.8. The number of carbonyl (C=O) groups is 2. The number of nitrogens with one attached hydrogen (secondary N) is 1. The summed E-state index contributed by atoms with van der Waals surface area (Å²) in [5.74, 6) is -1.17. The van der Waals surface area contributed by atoms with Gasteiger partial charge in [-0.15, -0.1) is 0 Å². The van der Waals surface area contributed by atoms with Gasteiger partial charge in [0, 0.05) is 18.8 Å². The second-order valence-electron chi connectivity index (χ2n) is 7.76. The van der Waals surface area contributed by atoms with Gasteiger partial charge in [-0.05, 0) is 54.7 Å². The van der Waals surface area contributed by atoms with Crippen LogP contribution in [0.2, 0.25) is 0 Å². The van der Waals surface area contributed by atoms with Crippen molar-refractivity contribution in [2.45, 2.75) is 45.1 Å². The first-order chi connectivity index (χ1) is 15.0. The van der Waals surface area contributed by atoms with Gasteiger partial charge < -0.3 is 15.2 Å². The Balaban J connectivity index is 1.72. The summed E-state index contributed by atoms with van der Waals surface area (Å²) in [5.41, 5.74) is 3.52. The number of amides is 2. The lowest BCUT2D eigenvalue weighted by atomic mass is 9.96. The number of ether oxygens (including phenoxy) is 1. The van der Waals surface area contributed by atoms with Crippen molar-refractivity contribution < 1.29 is 19.4 Å². The third kappa shape index (κ3) is 6.10. The molecule has 6 nitrogen and oxygen atoms in total. The number of benzene rings is 2. The van der Waals surface area contributed by atoms with Crippen LogP contribution in [0.1, 0.15) is 44.6 Å². The molecule has 1 aliphatic rings. The van der Waals surface area contributed by atoms with E-state index in [1.165, 1.54) is 25.3 Å². The van der Waals surface area contributed by atoms with Crippen LogP contribution in [0, 0.1) is 0 Å². The van der Waals surface area contributed by atoms with E-state index in [1.807, 2.05) is 48.5 Å². The molecule has 3 rings (SSSR count). The summed E-state index contributed by atoms with van der Waals surface area (Å²) in [4.78, 5) is 25.5. The molecule has 2 aromatic rings. The molecule has 0 heterocycles. The van der Waals surface area contributed by atoms with Crippen molar-refractivity contribution in [3.8, 4) is 11.1 Å². The lowest BCUT2D eigenvalue weighted by molar-refractivity contribution is -0.136. The number of urea groups is 1. The van der Waals surface area contributed by atoms with Crippen LogP contribution in [-0.4, -0.2) is 36.8 Å². The minimum atomic E-state index is -1.09. The van der Waals surface area contributed by atoms with Crippen molar-refractivity contribution in [2.75, 3.05) is 18.6 Å². The Morgan fingerprint density at radius 1 is 1.10 bits per heavy atom. The Morgan fingerprint density at radius 3 is 2.45 bits per heavy atom. The van der Waals surface area contributed by atoms with Gasteiger partial charge in [0.15, 0.2) is 0 Å². The predicted molar refractivity (Wildman–Crippen MR) is 123 cm³/mol. The smallest absolute Gasteiger partial charge is 0.371 e. The highest BCUT2D eigenvalue weighted by Gasteiger charge is 2.19. The molecule has 1 fully saturated rings.